The van der Waals surface area contributed by atoms with Crippen LogP contribution >= 0.6 is 0 Å². The van der Waals surface area contributed by atoms with Crippen molar-refractivity contribution >= 4 is 18.2 Å². The minimum Gasteiger partial charge on any atom is -0.271 e. The highest BCUT2D eigenvalue weighted by molar-refractivity contribution is 5.84. The lowest BCUT2D eigenvalue weighted by molar-refractivity contribution is -0.122. The number of carbonyl (C=O) groups excluding carboxylic acids is 1. The number of allylic oxidation sites excluding steroid dienone is 1. The molecule has 3 N–H and O–H groups in total. The van der Waals surface area contributed by atoms with Gasteiger partial charge in [0.25, 0.3) is 5.91 Å². The molecule has 1 amide bonds. The van der Waals surface area contributed by atoms with Gasteiger partial charge < -0.3 is 0 Å². The SMILES string of the molecule is Cc1nn(-c2ccccc2)c(C)c1C1CC(C(=O)N/N=C/C=C/c2ccccc2)NN1. The molecule has 0 saturated carbocycles. The summed E-state index contributed by atoms with van der Waals surface area (Å²) < 4.78 is 1.95. The molecule has 3 aromatic rings. The van der Waals surface area contributed by atoms with E-state index in [9.17, 15) is 4.79 Å². The van der Waals surface area contributed by atoms with Gasteiger partial charge in [-0.2, -0.15) is 10.2 Å². The van der Waals surface area contributed by atoms with Crippen molar-refractivity contribution < 1.29 is 4.79 Å². The second-order valence-corrected chi connectivity index (χ2v) is 7.49. The number of hydrogen-bond acceptors (Lipinski definition) is 5. The Balaban J connectivity index is 1.36. The summed E-state index contributed by atoms with van der Waals surface area (Å²) >= 11 is 0. The summed E-state index contributed by atoms with van der Waals surface area (Å²) in [5.74, 6) is -0.176. The van der Waals surface area contributed by atoms with Gasteiger partial charge in [0.15, 0.2) is 0 Å². The van der Waals surface area contributed by atoms with E-state index in [1.807, 2.05) is 78.3 Å². The normalized spacial score (nSPS) is 18.8. The Hall–Kier alpha value is -3.55. The van der Waals surface area contributed by atoms with Gasteiger partial charge in [0, 0.05) is 17.5 Å². The highest BCUT2D eigenvalue weighted by atomic mass is 16.2. The molecule has 2 heterocycles. The van der Waals surface area contributed by atoms with E-state index < -0.39 is 0 Å². The van der Waals surface area contributed by atoms with Gasteiger partial charge in [0.1, 0.15) is 6.04 Å². The lowest BCUT2D eigenvalue weighted by atomic mass is 10.00. The standard InChI is InChI=1S/C24H26N6O/c1-17-23(18(2)30(29-17)20-13-7-4-8-14-20)21-16-22(27-26-21)24(31)28-25-15-9-12-19-10-5-3-6-11-19/h3-15,21-22,26-27H,16H2,1-2H3,(H,28,31)/b12-9+,25-15+. The van der Waals surface area contributed by atoms with E-state index in [2.05, 4.69) is 28.3 Å². The fraction of sp³-hybridized carbons (Fsp3) is 0.208. The molecule has 0 bridgehead atoms. The molecule has 1 fully saturated rings. The predicted octanol–water partition coefficient (Wildman–Crippen LogP) is 3.21. The summed E-state index contributed by atoms with van der Waals surface area (Å²) in [6, 6.07) is 19.6. The van der Waals surface area contributed by atoms with Crippen LogP contribution in [-0.4, -0.2) is 27.9 Å². The topological polar surface area (TPSA) is 83.3 Å². The summed E-state index contributed by atoms with van der Waals surface area (Å²) in [5, 5.41) is 8.72. The molecule has 1 saturated heterocycles. The molecular weight excluding hydrogens is 388 g/mol. The second-order valence-electron chi connectivity index (χ2n) is 7.49. The van der Waals surface area contributed by atoms with Gasteiger partial charge >= 0.3 is 0 Å². The van der Waals surface area contributed by atoms with Gasteiger partial charge in [0.2, 0.25) is 0 Å². The lowest BCUT2D eigenvalue weighted by Gasteiger charge is -2.11. The third-order valence-electron chi connectivity index (χ3n) is 5.34. The van der Waals surface area contributed by atoms with Crippen molar-refractivity contribution in [3.05, 3.63) is 89.3 Å². The largest absolute Gasteiger partial charge is 0.271 e. The number of benzene rings is 2. The molecule has 2 unspecified atom stereocenters. The van der Waals surface area contributed by atoms with E-state index in [4.69, 9.17) is 5.10 Å². The van der Waals surface area contributed by atoms with Crippen molar-refractivity contribution in [2.75, 3.05) is 0 Å². The second kappa shape index (κ2) is 9.51. The highest BCUT2D eigenvalue weighted by Gasteiger charge is 2.33. The Labute approximate surface area is 181 Å². The van der Waals surface area contributed by atoms with Gasteiger partial charge in [-0.15, -0.1) is 0 Å². The van der Waals surface area contributed by atoms with Crippen molar-refractivity contribution in [3.63, 3.8) is 0 Å². The van der Waals surface area contributed by atoms with Crippen LogP contribution in [0.15, 0.2) is 71.8 Å². The molecule has 2 atom stereocenters. The van der Waals surface area contributed by atoms with Crippen LogP contribution in [-0.2, 0) is 4.79 Å². The summed E-state index contributed by atoms with van der Waals surface area (Å²) in [5.41, 5.74) is 14.1. The number of hydrogen-bond donors (Lipinski definition) is 3. The van der Waals surface area contributed by atoms with Crippen LogP contribution in [0.3, 0.4) is 0 Å². The van der Waals surface area contributed by atoms with Gasteiger partial charge in [-0.05, 0) is 44.0 Å². The monoisotopic (exact) mass is 414 g/mol. The average molecular weight is 415 g/mol. The summed E-state index contributed by atoms with van der Waals surface area (Å²) in [6.45, 7) is 4.06. The zero-order chi connectivity index (χ0) is 21.6. The molecule has 2 aromatic carbocycles. The Morgan fingerprint density at radius 2 is 1.81 bits per heavy atom. The molecule has 1 aliphatic rings. The minimum atomic E-state index is -0.376. The van der Waals surface area contributed by atoms with Gasteiger partial charge in [-0.1, -0.05) is 54.6 Å². The Morgan fingerprint density at radius 3 is 2.55 bits per heavy atom. The van der Waals surface area contributed by atoms with Crippen LogP contribution in [0.4, 0.5) is 0 Å². The first-order valence-electron chi connectivity index (χ1n) is 10.3. The summed E-state index contributed by atoms with van der Waals surface area (Å²) in [6.07, 6.45) is 5.91. The number of para-hydroxylation sites is 1. The maximum Gasteiger partial charge on any atom is 0.258 e. The van der Waals surface area contributed by atoms with E-state index >= 15 is 0 Å². The number of aromatic nitrogens is 2. The van der Waals surface area contributed by atoms with Crippen LogP contribution in [0.1, 0.15) is 35.0 Å². The van der Waals surface area contributed by atoms with Crippen molar-refractivity contribution in [2.24, 2.45) is 5.10 Å². The molecular formula is C24H26N6O. The van der Waals surface area contributed by atoms with E-state index in [-0.39, 0.29) is 18.0 Å². The van der Waals surface area contributed by atoms with Gasteiger partial charge in [-0.25, -0.2) is 21.0 Å². The van der Waals surface area contributed by atoms with Crippen LogP contribution in [0.5, 0.6) is 0 Å². The smallest absolute Gasteiger partial charge is 0.258 e. The molecule has 7 nitrogen and oxygen atoms in total. The zero-order valence-corrected chi connectivity index (χ0v) is 17.6. The molecule has 1 aliphatic heterocycles. The lowest BCUT2D eigenvalue weighted by Crippen LogP contribution is -2.41. The number of carbonyl (C=O) groups is 1. The number of nitrogens with zero attached hydrogens (tertiary/aromatic N) is 3. The van der Waals surface area contributed by atoms with Crippen LogP contribution in [0, 0.1) is 13.8 Å². The molecule has 7 heteroatoms. The fourth-order valence-corrected chi connectivity index (χ4v) is 3.84. The fourth-order valence-electron chi connectivity index (χ4n) is 3.84. The first kappa shape index (κ1) is 20.7. The number of amides is 1. The predicted molar refractivity (Wildman–Crippen MR) is 123 cm³/mol. The molecule has 0 aliphatic carbocycles. The van der Waals surface area contributed by atoms with E-state index in [1.165, 1.54) is 0 Å². The number of rotatable bonds is 6. The third kappa shape index (κ3) is 4.79. The van der Waals surface area contributed by atoms with Crippen LogP contribution in [0.2, 0.25) is 0 Å². The van der Waals surface area contributed by atoms with E-state index in [1.54, 1.807) is 12.3 Å². The van der Waals surface area contributed by atoms with E-state index in [0.29, 0.717) is 6.42 Å². The van der Waals surface area contributed by atoms with Crippen molar-refractivity contribution in [1.29, 1.82) is 0 Å². The van der Waals surface area contributed by atoms with Crippen LogP contribution in [0.25, 0.3) is 11.8 Å². The van der Waals surface area contributed by atoms with Crippen molar-refractivity contribution in [1.82, 2.24) is 26.1 Å². The van der Waals surface area contributed by atoms with Crippen molar-refractivity contribution in [3.8, 4) is 5.69 Å². The molecule has 158 valence electrons. The third-order valence-corrected chi connectivity index (χ3v) is 5.34. The first-order chi connectivity index (χ1) is 15.1. The maximum atomic E-state index is 12.5. The Morgan fingerprint density at radius 1 is 1.10 bits per heavy atom. The maximum absolute atomic E-state index is 12.5. The molecule has 0 radical (unpaired) electrons. The van der Waals surface area contributed by atoms with Gasteiger partial charge in [-0.3, -0.25) is 4.79 Å². The quantitative estimate of drug-likeness (QED) is 0.427. The Kier molecular flexibility index (Phi) is 6.35. The molecule has 31 heavy (non-hydrogen) atoms. The highest BCUT2D eigenvalue weighted by Crippen LogP contribution is 2.29. The Bertz CT molecular complexity index is 1090. The number of hydrazine groups is 1. The first-order valence-corrected chi connectivity index (χ1v) is 10.3. The molecule has 4 rings (SSSR count). The number of aryl methyl sites for hydroxylation is 1. The van der Waals surface area contributed by atoms with Gasteiger partial charge in [0.05, 0.1) is 17.4 Å². The minimum absolute atomic E-state index is 0.00447. The van der Waals surface area contributed by atoms with Crippen LogP contribution < -0.4 is 16.3 Å². The zero-order valence-electron chi connectivity index (χ0n) is 17.6. The van der Waals surface area contributed by atoms with Crippen molar-refractivity contribution in [2.45, 2.75) is 32.4 Å². The average Bonchev–Trinajstić information content (AvgIpc) is 3.39. The molecule has 0 spiro atoms. The number of hydrazone groups is 1. The molecule has 1 aromatic heterocycles. The summed E-state index contributed by atoms with van der Waals surface area (Å²) in [7, 11) is 0. The number of nitrogens with one attached hydrogen (secondary N) is 3. The van der Waals surface area contributed by atoms with E-state index in [0.717, 1.165) is 28.2 Å². The summed E-state index contributed by atoms with van der Waals surface area (Å²) in [4.78, 5) is 12.5.